The summed E-state index contributed by atoms with van der Waals surface area (Å²) >= 11 is 0. The fourth-order valence-electron chi connectivity index (χ4n) is 3.37. The summed E-state index contributed by atoms with van der Waals surface area (Å²) in [7, 11) is 1.42. The highest BCUT2D eigenvalue weighted by Gasteiger charge is 2.24. The van der Waals surface area contributed by atoms with Crippen LogP contribution in [0.2, 0.25) is 0 Å². The molecule has 1 aromatic rings. The Morgan fingerprint density at radius 1 is 1.18 bits per heavy atom. The molecule has 1 aromatic carbocycles. The van der Waals surface area contributed by atoms with Crippen LogP contribution in [-0.2, 0) is 6.54 Å². The molecule has 0 spiro atoms. The van der Waals surface area contributed by atoms with Gasteiger partial charge in [-0.3, -0.25) is 4.90 Å². The van der Waals surface area contributed by atoms with Gasteiger partial charge in [0.1, 0.15) is 0 Å². The molecule has 3 heteroatoms. The number of nitrogens with zero attached hydrogens (tertiary/aromatic N) is 1. The van der Waals surface area contributed by atoms with Crippen LogP contribution in [0.4, 0.5) is 0 Å². The summed E-state index contributed by atoms with van der Waals surface area (Å²) in [6, 6.07) is 11.8. The minimum Gasteiger partial charge on any atom is -0.380 e. The average molecular weight is 325 g/mol. The van der Waals surface area contributed by atoms with Gasteiger partial charge in [0.25, 0.3) is 0 Å². The summed E-state index contributed by atoms with van der Waals surface area (Å²) in [5, 5.41) is 0. The van der Waals surface area contributed by atoms with Crippen LogP contribution in [0.15, 0.2) is 30.3 Å². The van der Waals surface area contributed by atoms with E-state index in [0.717, 1.165) is 18.5 Å². The third-order valence-corrected chi connectivity index (χ3v) is 4.79. The molecule has 2 rings (SSSR count). The van der Waals surface area contributed by atoms with Crippen LogP contribution in [0.25, 0.3) is 0 Å². The molecule has 2 nitrogen and oxygen atoms in total. The van der Waals surface area contributed by atoms with Gasteiger partial charge in [-0.05, 0) is 53.2 Å². The van der Waals surface area contributed by atoms with E-state index in [1.807, 2.05) is 0 Å². The van der Waals surface area contributed by atoms with Crippen molar-refractivity contribution in [3.63, 3.8) is 0 Å². The quantitative estimate of drug-likeness (QED) is 0.690. The molecule has 128 valence electrons. The third-order valence-electron chi connectivity index (χ3n) is 4.79. The second-order valence-electron chi connectivity index (χ2n) is 6.01. The van der Waals surface area contributed by atoms with Crippen molar-refractivity contribution in [1.82, 2.24) is 4.90 Å². The fraction of sp³-hybridized carbons (Fsp3) is 0.684. The molecular weight excluding hydrogens is 289 g/mol. The SMILES string of the molecule is C.CCC(CC)CCC1CCCN1Cc1ccccc1.OP. The molecule has 1 saturated heterocycles. The lowest BCUT2D eigenvalue weighted by Crippen LogP contribution is -2.29. The zero-order chi connectivity index (χ0) is 15.5. The number of likely N-dealkylation sites (tertiary alicyclic amines) is 1. The van der Waals surface area contributed by atoms with Gasteiger partial charge in [-0.1, -0.05) is 64.4 Å². The number of hydrogen-bond donors (Lipinski definition) is 1. The molecule has 22 heavy (non-hydrogen) atoms. The maximum absolute atomic E-state index is 6.92. The first kappa shape index (κ1) is 21.6. The Morgan fingerprint density at radius 3 is 2.41 bits per heavy atom. The Kier molecular flexibility index (Phi) is 12.8. The molecule has 1 aliphatic rings. The van der Waals surface area contributed by atoms with Gasteiger partial charge in [0, 0.05) is 12.6 Å². The standard InChI is InChI=1S/C18H29N.CH4.H3OP/c1-3-16(4-2)12-13-18-11-8-14-19(18)15-17-9-6-5-7-10-17;;1-2/h5-7,9-10,16,18H,3-4,8,11-15H2,1-2H3;1H4;1H,2H2. The Balaban J connectivity index is 0.00000141. The van der Waals surface area contributed by atoms with Gasteiger partial charge < -0.3 is 4.89 Å². The van der Waals surface area contributed by atoms with Gasteiger partial charge in [0.2, 0.25) is 0 Å². The molecule has 1 N–H and O–H groups in total. The van der Waals surface area contributed by atoms with Gasteiger partial charge in [0.05, 0.1) is 0 Å². The summed E-state index contributed by atoms with van der Waals surface area (Å²) in [6.07, 6.45) is 8.32. The van der Waals surface area contributed by atoms with Crippen molar-refractivity contribution in [1.29, 1.82) is 0 Å². The molecule has 0 aromatic heterocycles. The first-order valence-electron chi connectivity index (χ1n) is 8.37. The van der Waals surface area contributed by atoms with Gasteiger partial charge in [-0.2, -0.15) is 0 Å². The summed E-state index contributed by atoms with van der Waals surface area (Å²) in [6.45, 7) is 7.12. The molecule has 0 saturated carbocycles. The van der Waals surface area contributed by atoms with E-state index >= 15 is 0 Å². The van der Waals surface area contributed by atoms with E-state index in [1.165, 1.54) is 60.1 Å². The van der Waals surface area contributed by atoms with Crippen molar-refractivity contribution in [2.24, 2.45) is 5.92 Å². The van der Waals surface area contributed by atoms with E-state index in [9.17, 15) is 0 Å². The number of hydrogen-bond acceptors (Lipinski definition) is 2. The van der Waals surface area contributed by atoms with Crippen molar-refractivity contribution in [2.75, 3.05) is 6.54 Å². The highest BCUT2D eigenvalue weighted by atomic mass is 31.0. The molecule has 2 unspecified atom stereocenters. The fourth-order valence-corrected chi connectivity index (χ4v) is 3.37. The van der Waals surface area contributed by atoms with Crippen molar-refractivity contribution in [3.8, 4) is 0 Å². The van der Waals surface area contributed by atoms with E-state index in [0.29, 0.717) is 0 Å². The summed E-state index contributed by atoms with van der Waals surface area (Å²) in [4.78, 5) is 9.62. The largest absolute Gasteiger partial charge is 0.380 e. The van der Waals surface area contributed by atoms with Gasteiger partial charge in [-0.15, -0.1) is 0 Å². The van der Waals surface area contributed by atoms with Crippen molar-refractivity contribution < 1.29 is 4.89 Å². The van der Waals surface area contributed by atoms with Crippen LogP contribution in [0.5, 0.6) is 0 Å². The maximum Gasteiger partial charge on any atom is 0.0236 e. The molecule has 2 atom stereocenters. The predicted octanol–water partition coefficient (Wildman–Crippen LogP) is 5.27. The van der Waals surface area contributed by atoms with Crippen LogP contribution in [0.3, 0.4) is 0 Å². The second-order valence-corrected chi connectivity index (χ2v) is 6.01. The Labute approximate surface area is 140 Å². The van der Waals surface area contributed by atoms with Crippen LogP contribution in [0, 0.1) is 5.92 Å². The van der Waals surface area contributed by atoms with Crippen molar-refractivity contribution >= 4 is 9.47 Å². The molecule has 0 aliphatic carbocycles. The molecule has 0 bridgehead atoms. The van der Waals surface area contributed by atoms with Crippen molar-refractivity contribution in [3.05, 3.63) is 35.9 Å². The van der Waals surface area contributed by atoms with Crippen molar-refractivity contribution in [2.45, 2.75) is 72.4 Å². The first-order valence-corrected chi connectivity index (χ1v) is 8.88. The molecule has 0 radical (unpaired) electrons. The number of benzene rings is 1. The number of rotatable bonds is 7. The van der Waals surface area contributed by atoms with Gasteiger partial charge >= 0.3 is 0 Å². The molecule has 1 heterocycles. The Bertz CT molecular complexity index is 354. The normalized spacial score (nSPS) is 17.8. The van der Waals surface area contributed by atoms with E-state index in [1.54, 1.807) is 0 Å². The highest BCUT2D eigenvalue weighted by molar-refractivity contribution is 7.08. The zero-order valence-corrected chi connectivity index (χ0v) is 14.8. The Hall–Kier alpha value is -0.430. The van der Waals surface area contributed by atoms with Crippen LogP contribution in [-0.4, -0.2) is 22.4 Å². The lowest BCUT2D eigenvalue weighted by molar-refractivity contribution is 0.221. The van der Waals surface area contributed by atoms with E-state index < -0.39 is 0 Å². The van der Waals surface area contributed by atoms with Crippen LogP contribution in [0.1, 0.15) is 65.4 Å². The predicted molar refractivity (Wildman–Crippen MR) is 102 cm³/mol. The maximum atomic E-state index is 6.92. The van der Waals surface area contributed by atoms with Gasteiger partial charge in [-0.25, -0.2) is 0 Å². The summed E-state index contributed by atoms with van der Waals surface area (Å²) in [5.74, 6) is 0.944. The Morgan fingerprint density at radius 2 is 1.82 bits per heavy atom. The molecule has 1 aliphatic heterocycles. The van der Waals surface area contributed by atoms with Crippen LogP contribution >= 0.6 is 9.47 Å². The minimum absolute atomic E-state index is 0. The van der Waals surface area contributed by atoms with E-state index in [4.69, 9.17) is 4.89 Å². The van der Waals surface area contributed by atoms with E-state index in [-0.39, 0.29) is 7.43 Å². The first-order chi connectivity index (χ1) is 10.3. The lowest BCUT2D eigenvalue weighted by Gasteiger charge is -2.26. The molecule has 1 fully saturated rings. The highest BCUT2D eigenvalue weighted by Crippen LogP contribution is 2.26. The van der Waals surface area contributed by atoms with Crippen LogP contribution < -0.4 is 0 Å². The zero-order valence-electron chi connectivity index (χ0n) is 13.7. The smallest absolute Gasteiger partial charge is 0.0236 e. The molecular formula is C19H36NOP. The minimum atomic E-state index is 0. The van der Waals surface area contributed by atoms with E-state index in [2.05, 4.69) is 49.1 Å². The lowest BCUT2D eigenvalue weighted by atomic mass is 9.94. The monoisotopic (exact) mass is 325 g/mol. The summed E-state index contributed by atoms with van der Waals surface area (Å²) < 4.78 is 0. The summed E-state index contributed by atoms with van der Waals surface area (Å²) in [5.41, 5.74) is 1.47. The molecule has 0 amide bonds. The van der Waals surface area contributed by atoms with Gasteiger partial charge in [0.15, 0.2) is 0 Å². The second kappa shape index (κ2) is 13.0. The topological polar surface area (TPSA) is 23.5 Å². The average Bonchev–Trinajstić information content (AvgIpc) is 2.98. The third kappa shape index (κ3) is 7.22.